The number of aliphatic hydroxyl groups is 1. The first-order valence-corrected chi connectivity index (χ1v) is 8.55. The van der Waals surface area contributed by atoms with Gasteiger partial charge in [-0.3, -0.25) is 0 Å². The molecule has 0 radical (unpaired) electrons. The second kappa shape index (κ2) is 8.17. The highest BCUT2D eigenvalue weighted by atomic mass is 16.6. The lowest BCUT2D eigenvalue weighted by atomic mass is 9.87. The molecule has 0 spiro atoms. The summed E-state index contributed by atoms with van der Waals surface area (Å²) in [6.07, 6.45) is -1.20. The summed E-state index contributed by atoms with van der Waals surface area (Å²) >= 11 is 0. The largest absolute Gasteiger partial charge is 0.444 e. The summed E-state index contributed by atoms with van der Waals surface area (Å²) in [4.78, 5) is 12.3. The molecule has 134 valence electrons. The minimum absolute atomic E-state index is 0.239. The van der Waals surface area contributed by atoms with E-state index in [4.69, 9.17) is 4.74 Å². The van der Waals surface area contributed by atoms with Crippen molar-refractivity contribution in [1.82, 2.24) is 5.32 Å². The molecule has 2 aromatic rings. The molecule has 25 heavy (non-hydrogen) atoms. The zero-order chi connectivity index (χ0) is 18.4. The van der Waals surface area contributed by atoms with Gasteiger partial charge < -0.3 is 15.2 Å². The van der Waals surface area contributed by atoms with E-state index >= 15 is 0 Å². The fourth-order valence-corrected chi connectivity index (χ4v) is 2.75. The molecule has 0 aromatic heterocycles. The third kappa shape index (κ3) is 5.61. The molecule has 0 aliphatic rings. The predicted octanol–water partition coefficient (Wildman–Crippen LogP) is 4.62. The monoisotopic (exact) mass is 341 g/mol. The highest BCUT2D eigenvalue weighted by Gasteiger charge is 2.29. The van der Waals surface area contributed by atoms with Gasteiger partial charge in [0, 0.05) is 5.92 Å². The molecule has 0 aliphatic heterocycles. The quantitative estimate of drug-likeness (QED) is 0.834. The van der Waals surface area contributed by atoms with Crippen LogP contribution in [0.4, 0.5) is 4.79 Å². The number of alkyl carbamates (subject to hydrolysis) is 1. The number of hydrogen-bond donors (Lipinski definition) is 2. The SMILES string of the molecule is C[C@@H]([C@H](NC(=O)OC(C)(C)C)c1ccccc1)[C@@H](O)c1ccccc1. The van der Waals surface area contributed by atoms with E-state index in [-0.39, 0.29) is 12.0 Å². The maximum absolute atomic E-state index is 12.3. The van der Waals surface area contributed by atoms with Crippen molar-refractivity contribution in [1.29, 1.82) is 0 Å². The van der Waals surface area contributed by atoms with Crippen LogP contribution in [0.3, 0.4) is 0 Å². The molecular formula is C21H27NO3. The number of nitrogens with one attached hydrogen (secondary N) is 1. The van der Waals surface area contributed by atoms with Crippen LogP contribution < -0.4 is 5.32 Å². The summed E-state index contributed by atoms with van der Waals surface area (Å²) in [7, 11) is 0. The fraction of sp³-hybridized carbons (Fsp3) is 0.381. The Hall–Kier alpha value is -2.33. The maximum atomic E-state index is 12.3. The zero-order valence-corrected chi connectivity index (χ0v) is 15.3. The maximum Gasteiger partial charge on any atom is 0.408 e. The molecule has 4 nitrogen and oxygen atoms in total. The van der Waals surface area contributed by atoms with E-state index in [9.17, 15) is 9.90 Å². The smallest absolute Gasteiger partial charge is 0.408 e. The van der Waals surface area contributed by atoms with E-state index in [1.54, 1.807) is 0 Å². The van der Waals surface area contributed by atoms with Crippen molar-refractivity contribution in [2.75, 3.05) is 0 Å². The van der Waals surface area contributed by atoms with Crippen LogP contribution in [0.25, 0.3) is 0 Å². The number of hydrogen-bond acceptors (Lipinski definition) is 3. The third-order valence-electron chi connectivity index (χ3n) is 4.00. The van der Waals surface area contributed by atoms with Crippen LogP contribution in [0.2, 0.25) is 0 Å². The van der Waals surface area contributed by atoms with Gasteiger partial charge in [-0.2, -0.15) is 0 Å². The van der Waals surface area contributed by atoms with E-state index < -0.39 is 17.8 Å². The van der Waals surface area contributed by atoms with Crippen molar-refractivity contribution in [3.63, 3.8) is 0 Å². The van der Waals surface area contributed by atoms with Crippen molar-refractivity contribution in [2.24, 2.45) is 5.92 Å². The van der Waals surface area contributed by atoms with Gasteiger partial charge in [-0.25, -0.2) is 4.79 Å². The topological polar surface area (TPSA) is 58.6 Å². The van der Waals surface area contributed by atoms with Crippen molar-refractivity contribution in [2.45, 2.75) is 45.4 Å². The molecule has 0 heterocycles. The van der Waals surface area contributed by atoms with Gasteiger partial charge in [-0.1, -0.05) is 67.6 Å². The van der Waals surface area contributed by atoms with E-state index in [0.29, 0.717) is 0 Å². The van der Waals surface area contributed by atoms with Crippen LogP contribution in [0.15, 0.2) is 60.7 Å². The Morgan fingerprint density at radius 2 is 1.44 bits per heavy atom. The lowest BCUT2D eigenvalue weighted by Crippen LogP contribution is -2.38. The molecule has 0 saturated heterocycles. The normalized spacial score (nSPS) is 15.1. The van der Waals surface area contributed by atoms with Gasteiger partial charge in [0.2, 0.25) is 0 Å². The van der Waals surface area contributed by atoms with Gasteiger partial charge in [0.25, 0.3) is 0 Å². The predicted molar refractivity (Wildman–Crippen MR) is 99.1 cm³/mol. The van der Waals surface area contributed by atoms with E-state index in [0.717, 1.165) is 11.1 Å². The van der Waals surface area contributed by atoms with Gasteiger partial charge in [-0.15, -0.1) is 0 Å². The molecule has 0 saturated carbocycles. The summed E-state index contributed by atoms with van der Waals surface area (Å²) < 4.78 is 5.39. The van der Waals surface area contributed by atoms with Crippen molar-refractivity contribution in [3.8, 4) is 0 Å². The molecule has 3 atom stereocenters. The van der Waals surface area contributed by atoms with E-state index in [1.165, 1.54) is 0 Å². The highest BCUT2D eigenvalue weighted by molar-refractivity contribution is 5.68. The summed E-state index contributed by atoms with van der Waals surface area (Å²) in [6, 6.07) is 18.7. The van der Waals surface area contributed by atoms with Crippen LogP contribution in [0.5, 0.6) is 0 Å². The molecule has 0 unspecified atom stereocenters. The molecule has 0 aliphatic carbocycles. The minimum atomic E-state index is -0.707. The average Bonchev–Trinajstić information content (AvgIpc) is 2.58. The molecule has 4 heteroatoms. The Balaban J connectivity index is 2.24. The van der Waals surface area contributed by atoms with E-state index in [2.05, 4.69) is 5.32 Å². The summed E-state index contributed by atoms with van der Waals surface area (Å²) in [6.45, 7) is 7.40. The summed E-state index contributed by atoms with van der Waals surface area (Å²) in [5.41, 5.74) is 1.17. The standard InChI is InChI=1S/C21H27NO3/c1-15(19(23)17-13-9-6-10-14-17)18(16-11-7-5-8-12-16)22-20(24)25-21(2,3)4/h5-15,18-19,23H,1-4H3,(H,22,24)/t15-,18-,19+/m0/s1. The Morgan fingerprint density at radius 1 is 0.960 bits per heavy atom. The number of ether oxygens (including phenoxy) is 1. The second-order valence-electron chi connectivity index (χ2n) is 7.25. The Kier molecular flexibility index (Phi) is 6.21. The first kappa shape index (κ1) is 19.0. The van der Waals surface area contributed by atoms with Crippen LogP contribution in [0.1, 0.15) is 51.0 Å². The number of benzene rings is 2. The number of amides is 1. The number of carbonyl (C=O) groups is 1. The van der Waals surface area contributed by atoms with Gasteiger partial charge >= 0.3 is 6.09 Å². The molecule has 2 aromatic carbocycles. The van der Waals surface area contributed by atoms with Gasteiger partial charge in [-0.05, 0) is 31.9 Å². The molecule has 2 rings (SSSR count). The molecule has 1 amide bonds. The summed E-state index contributed by atoms with van der Waals surface area (Å²) in [5.74, 6) is -0.239. The molecule has 0 fully saturated rings. The second-order valence-corrected chi connectivity index (χ2v) is 7.25. The van der Waals surface area contributed by atoms with Crippen molar-refractivity contribution >= 4 is 6.09 Å². The van der Waals surface area contributed by atoms with Crippen molar-refractivity contribution in [3.05, 3.63) is 71.8 Å². The van der Waals surface area contributed by atoms with Crippen LogP contribution in [0, 0.1) is 5.92 Å². The Bertz CT molecular complexity index is 665. The molecule has 0 bridgehead atoms. The summed E-state index contributed by atoms with van der Waals surface area (Å²) in [5, 5.41) is 13.7. The lowest BCUT2D eigenvalue weighted by Gasteiger charge is -2.30. The zero-order valence-electron chi connectivity index (χ0n) is 15.3. The number of carbonyl (C=O) groups excluding carboxylic acids is 1. The number of rotatable bonds is 5. The van der Waals surface area contributed by atoms with Crippen LogP contribution >= 0.6 is 0 Å². The number of aliphatic hydroxyl groups excluding tert-OH is 1. The first-order chi connectivity index (χ1) is 11.8. The third-order valence-corrected chi connectivity index (χ3v) is 4.00. The Morgan fingerprint density at radius 3 is 1.92 bits per heavy atom. The highest BCUT2D eigenvalue weighted by Crippen LogP contribution is 2.32. The first-order valence-electron chi connectivity index (χ1n) is 8.55. The van der Waals surface area contributed by atoms with Crippen LogP contribution in [-0.4, -0.2) is 16.8 Å². The van der Waals surface area contributed by atoms with Gasteiger partial charge in [0.1, 0.15) is 5.60 Å². The molecule has 2 N–H and O–H groups in total. The fourth-order valence-electron chi connectivity index (χ4n) is 2.75. The van der Waals surface area contributed by atoms with E-state index in [1.807, 2.05) is 88.4 Å². The minimum Gasteiger partial charge on any atom is -0.444 e. The van der Waals surface area contributed by atoms with Crippen molar-refractivity contribution < 1.29 is 14.6 Å². The Labute approximate surface area is 149 Å². The average molecular weight is 341 g/mol. The van der Waals surface area contributed by atoms with Gasteiger partial charge in [0.15, 0.2) is 0 Å². The van der Waals surface area contributed by atoms with Crippen LogP contribution in [-0.2, 0) is 4.74 Å². The van der Waals surface area contributed by atoms with Gasteiger partial charge in [0.05, 0.1) is 12.1 Å². The molecular weight excluding hydrogens is 314 g/mol. The lowest BCUT2D eigenvalue weighted by molar-refractivity contribution is 0.0419.